The molecule has 0 amide bonds. The Kier molecular flexibility index (Phi) is 2.51. The summed E-state index contributed by atoms with van der Waals surface area (Å²) in [6, 6.07) is 2.91. The zero-order chi connectivity index (χ0) is 6.53. The summed E-state index contributed by atoms with van der Waals surface area (Å²) in [7, 11) is 0. The van der Waals surface area contributed by atoms with Gasteiger partial charge in [0.05, 0.1) is 0 Å². The molecule has 1 aromatic rings. The molecule has 0 atom stereocenters. The Bertz CT molecular complexity index is 164. The van der Waals surface area contributed by atoms with Crippen LogP contribution in [-0.2, 0) is 0 Å². The van der Waals surface area contributed by atoms with Crippen molar-refractivity contribution in [3.8, 4) is 0 Å². The van der Waals surface area contributed by atoms with Gasteiger partial charge in [0.2, 0.25) is 0 Å². The molecule has 0 aromatic carbocycles. The van der Waals surface area contributed by atoms with Crippen LogP contribution in [0.2, 0.25) is 0 Å². The van der Waals surface area contributed by atoms with E-state index in [0.29, 0.717) is 0 Å². The highest BCUT2D eigenvalue weighted by atomic mass is 32.2. The van der Waals surface area contributed by atoms with Crippen molar-refractivity contribution in [3.63, 3.8) is 0 Å². The predicted octanol–water partition coefficient (Wildman–Crippen LogP) is 1.39. The summed E-state index contributed by atoms with van der Waals surface area (Å²) in [6.45, 7) is 2.08. The second-order valence-electron chi connectivity index (χ2n) is 1.41. The molecule has 0 spiro atoms. The average molecular weight is 139 g/mol. The molecule has 0 saturated heterocycles. The molecular weight excluding hydrogens is 132 g/mol. The molecule has 0 aliphatic rings. The minimum absolute atomic E-state index is 0.924. The van der Waals surface area contributed by atoms with Crippen LogP contribution >= 0.6 is 11.8 Å². The molecule has 3 heteroatoms. The Morgan fingerprint density at radius 2 is 2.67 bits per heavy atom. The predicted molar refractivity (Wildman–Crippen MR) is 37.3 cm³/mol. The molecule has 1 heterocycles. The average Bonchev–Trinajstić information content (AvgIpc) is 1.91. The van der Waals surface area contributed by atoms with E-state index in [1.54, 1.807) is 18.0 Å². The number of thioether (sulfide) groups is 1. The monoisotopic (exact) mass is 139 g/mol. The van der Waals surface area contributed by atoms with Gasteiger partial charge in [-0.05, 0) is 5.75 Å². The van der Waals surface area contributed by atoms with E-state index in [-0.39, 0.29) is 0 Å². The van der Waals surface area contributed by atoms with Crippen molar-refractivity contribution >= 4 is 11.8 Å². The zero-order valence-electron chi connectivity index (χ0n) is 5.16. The smallest absolute Gasteiger partial charge is 0.116 e. The van der Waals surface area contributed by atoms with Crippen molar-refractivity contribution < 1.29 is 0 Å². The molecule has 9 heavy (non-hydrogen) atoms. The van der Waals surface area contributed by atoms with Gasteiger partial charge in [-0.3, -0.25) is 0 Å². The number of hydrogen-bond acceptors (Lipinski definition) is 3. The molecule has 0 aliphatic carbocycles. The van der Waals surface area contributed by atoms with Crippen LogP contribution in [0.4, 0.5) is 0 Å². The molecular formula is C6H7N2S. The molecule has 0 bridgehead atoms. The van der Waals surface area contributed by atoms with Crippen LogP contribution in [0.15, 0.2) is 17.6 Å². The van der Waals surface area contributed by atoms with Crippen LogP contribution < -0.4 is 0 Å². The molecule has 1 radical (unpaired) electrons. The van der Waals surface area contributed by atoms with Crippen molar-refractivity contribution in [2.24, 2.45) is 0 Å². The Balaban J connectivity index is 2.61. The largest absolute Gasteiger partial charge is 0.244 e. The van der Waals surface area contributed by atoms with E-state index in [1.807, 2.05) is 0 Å². The van der Waals surface area contributed by atoms with Crippen molar-refractivity contribution in [1.82, 2.24) is 9.97 Å². The first kappa shape index (κ1) is 6.55. The minimum atomic E-state index is 0.924. The van der Waals surface area contributed by atoms with E-state index in [4.69, 9.17) is 0 Å². The molecule has 0 unspecified atom stereocenters. The van der Waals surface area contributed by atoms with Crippen molar-refractivity contribution in [2.75, 3.05) is 5.75 Å². The fourth-order valence-electron chi connectivity index (χ4n) is 0.465. The first-order valence-corrected chi connectivity index (χ1v) is 3.72. The summed E-state index contributed by atoms with van der Waals surface area (Å²) in [4.78, 5) is 7.71. The Morgan fingerprint density at radius 3 is 3.22 bits per heavy atom. The molecule has 47 valence electrons. The minimum Gasteiger partial charge on any atom is -0.244 e. The van der Waals surface area contributed by atoms with E-state index in [2.05, 4.69) is 23.0 Å². The summed E-state index contributed by atoms with van der Waals surface area (Å²) < 4.78 is 0. The molecule has 0 aliphatic heterocycles. The van der Waals surface area contributed by atoms with Gasteiger partial charge in [-0.15, -0.1) is 11.8 Å². The maximum Gasteiger partial charge on any atom is 0.116 e. The number of nitrogens with zero attached hydrogens (tertiary/aromatic N) is 2. The summed E-state index contributed by atoms with van der Waals surface area (Å²) in [5.74, 6) is 1.04. The van der Waals surface area contributed by atoms with Crippen LogP contribution in [0.5, 0.6) is 0 Å². The van der Waals surface area contributed by atoms with Crippen molar-refractivity contribution in [1.29, 1.82) is 0 Å². The quantitative estimate of drug-likeness (QED) is 0.457. The van der Waals surface area contributed by atoms with E-state index >= 15 is 0 Å². The highest BCUT2D eigenvalue weighted by Gasteiger charge is 1.88. The highest BCUT2D eigenvalue weighted by molar-refractivity contribution is 7.99. The third-order valence-corrected chi connectivity index (χ3v) is 1.57. The molecule has 1 rings (SSSR count). The SMILES string of the molecule is CCSc1[c]cncn1. The van der Waals surface area contributed by atoms with Crippen LogP contribution in [0.1, 0.15) is 6.92 Å². The van der Waals surface area contributed by atoms with E-state index in [9.17, 15) is 0 Å². The molecule has 2 nitrogen and oxygen atoms in total. The maximum absolute atomic E-state index is 3.96. The number of aromatic nitrogens is 2. The van der Waals surface area contributed by atoms with Crippen LogP contribution in [-0.4, -0.2) is 15.7 Å². The summed E-state index contributed by atoms with van der Waals surface area (Å²) >= 11 is 1.67. The van der Waals surface area contributed by atoms with E-state index in [0.717, 1.165) is 10.8 Å². The van der Waals surface area contributed by atoms with Gasteiger partial charge in [0.15, 0.2) is 0 Å². The Morgan fingerprint density at radius 1 is 1.78 bits per heavy atom. The van der Waals surface area contributed by atoms with Gasteiger partial charge < -0.3 is 0 Å². The van der Waals surface area contributed by atoms with Crippen molar-refractivity contribution in [3.05, 3.63) is 18.6 Å². The van der Waals surface area contributed by atoms with Gasteiger partial charge in [0.1, 0.15) is 11.4 Å². The third-order valence-electron chi connectivity index (χ3n) is 0.785. The van der Waals surface area contributed by atoms with Crippen molar-refractivity contribution in [2.45, 2.75) is 11.9 Å². The first-order valence-electron chi connectivity index (χ1n) is 2.74. The zero-order valence-corrected chi connectivity index (χ0v) is 5.98. The second-order valence-corrected chi connectivity index (χ2v) is 2.66. The molecule has 0 fully saturated rings. The second kappa shape index (κ2) is 3.45. The van der Waals surface area contributed by atoms with Gasteiger partial charge in [0, 0.05) is 12.3 Å². The van der Waals surface area contributed by atoms with Crippen LogP contribution in [0.3, 0.4) is 0 Å². The fourth-order valence-corrected chi connectivity index (χ4v) is 0.996. The lowest BCUT2D eigenvalue weighted by atomic mass is 10.7. The van der Waals surface area contributed by atoms with Gasteiger partial charge in [-0.2, -0.15) is 0 Å². The lowest BCUT2D eigenvalue weighted by molar-refractivity contribution is 1.04. The molecule has 0 saturated carbocycles. The summed E-state index contributed by atoms with van der Waals surface area (Å²) in [5.41, 5.74) is 0. The lowest BCUT2D eigenvalue weighted by Crippen LogP contribution is -1.79. The fraction of sp³-hybridized carbons (Fsp3) is 0.333. The van der Waals surface area contributed by atoms with Gasteiger partial charge in [-0.25, -0.2) is 9.97 Å². The standard InChI is InChI=1S/C6H7N2S/c1-2-9-6-3-4-7-5-8-6/h4-5H,2H2,1H3. The highest BCUT2D eigenvalue weighted by Crippen LogP contribution is 2.10. The summed E-state index contributed by atoms with van der Waals surface area (Å²) in [6.07, 6.45) is 3.17. The number of rotatable bonds is 2. The van der Waals surface area contributed by atoms with Crippen LogP contribution in [0, 0.1) is 6.07 Å². The first-order chi connectivity index (χ1) is 4.43. The third kappa shape index (κ3) is 2.01. The maximum atomic E-state index is 3.96. The topological polar surface area (TPSA) is 25.8 Å². The van der Waals surface area contributed by atoms with Gasteiger partial charge in [0.25, 0.3) is 0 Å². The van der Waals surface area contributed by atoms with Gasteiger partial charge in [-0.1, -0.05) is 6.92 Å². The Hall–Kier alpha value is -0.570. The Labute approximate surface area is 58.7 Å². The van der Waals surface area contributed by atoms with E-state index in [1.165, 1.54) is 6.33 Å². The number of hydrogen-bond donors (Lipinski definition) is 0. The lowest BCUT2D eigenvalue weighted by Gasteiger charge is -1.91. The van der Waals surface area contributed by atoms with Gasteiger partial charge >= 0.3 is 0 Å². The normalized spacial score (nSPS) is 9.44. The summed E-state index contributed by atoms with van der Waals surface area (Å²) in [5, 5.41) is 0.924. The van der Waals surface area contributed by atoms with E-state index < -0.39 is 0 Å². The molecule has 1 aromatic heterocycles. The molecule has 0 N–H and O–H groups in total. The van der Waals surface area contributed by atoms with Crippen LogP contribution in [0.25, 0.3) is 0 Å².